The van der Waals surface area contributed by atoms with Gasteiger partial charge in [0.25, 0.3) is 0 Å². The Bertz CT molecular complexity index is 492. The van der Waals surface area contributed by atoms with Crippen LogP contribution in [0.2, 0.25) is 0 Å². The molecule has 0 bridgehead atoms. The largest absolute Gasteiger partial charge is 0.493 e. The number of hydrogen-bond donors (Lipinski definition) is 2. The summed E-state index contributed by atoms with van der Waals surface area (Å²) in [5.41, 5.74) is 0.767. The van der Waals surface area contributed by atoms with E-state index in [1.165, 1.54) is 0 Å². The van der Waals surface area contributed by atoms with Crippen molar-refractivity contribution in [2.24, 2.45) is 0 Å². The fraction of sp³-hybridized carbons (Fsp3) is 0.385. The van der Waals surface area contributed by atoms with Crippen molar-refractivity contribution in [3.05, 3.63) is 30.0 Å². The summed E-state index contributed by atoms with van der Waals surface area (Å²) in [5.74, 6) is 1.58. The van der Waals surface area contributed by atoms with Crippen LogP contribution < -0.4 is 10.1 Å². The highest BCUT2D eigenvalue weighted by Gasteiger charge is 2.09. The zero-order valence-electron chi connectivity index (χ0n) is 10.1. The molecule has 0 aliphatic carbocycles. The molecule has 2 N–H and O–H groups in total. The summed E-state index contributed by atoms with van der Waals surface area (Å²) in [4.78, 5) is 0. The van der Waals surface area contributed by atoms with E-state index in [0.717, 1.165) is 22.5 Å². The van der Waals surface area contributed by atoms with Crippen molar-refractivity contribution >= 4 is 11.0 Å². The van der Waals surface area contributed by atoms with Crippen LogP contribution in [-0.2, 0) is 6.54 Å². The van der Waals surface area contributed by atoms with Crippen LogP contribution in [-0.4, -0.2) is 24.9 Å². The van der Waals surface area contributed by atoms with Crippen LogP contribution in [0.3, 0.4) is 0 Å². The minimum atomic E-state index is 0.0603. The predicted molar refractivity (Wildman–Crippen MR) is 66.2 cm³/mol. The molecule has 0 spiro atoms. The van der Waals surface area contributed by atoms with Gasteiger partial charge in [-0.25, -0.2) is 0 Å². The van der Waals surface area contributed by atoms with Crippen molar-refractivity contribution < 1.29 is 14.3 Å². The monoisotopic (exact) mass is 235 g/mol. The van der Waals surface area contributed by atoms with Gasteiger partial charge in [0.2, 0.25) is 0 Å². The number of benzene rings is 1. The predicted octanol–water partition coefficient (Wildman–Crippen LogP) is 1.91. The summed E-state index contributed by atoms with van der Waals surface area (Å²) in [6, 6.07) is 7.84. The SMILES string of the molecule is COc1cccc2cc(CNC(C)CO)oc12. The van der Waals surface area contributed by atoms with Gasteiger partial charge in [-0.3, -0.25) is 0 Å². The van der Waals surface area contributed by atoms with Crippen LogP contribution in [0.15, 0.2) is 28.7 Å². The molecule has 4 nitrogen and oxygen atoms in total. The molecule has 17 heavy (non-hydrogen) atoms. The zero-order valence-corrected chi connectivity index (χ0v) is 10.1. The number of methoxy groups -OCH3 is 1. The molecule has 1 unspecified atom stereocenters. The Morgan fingerprint density at radius 2 is 2.29 bits per heavy atom. The van der Waals surface area contributed by atoms with E-state index in [0.29, 0.717) is 6.54 Å². The fourth-order valence-corrected chi connectivity index (χ4v) is 1.68. The molecule has 1 aromatic heterocycles. The Morgan fingerprint density at radius 3 is 3.00 bits per heavy atom. The van der Waals surface area contributed by atoms with E-state index >= 15 is 0 Å². The Balaban J connectivity index is 2.20. The molecule has 0 radical (unpaired) electrons. The first-order valence-electron chi connectivity index (χ1n) is 5.64. The highest BCUT2D eigenvalue weighted by molar-refractivity contribution is 5.83. The van der Waals surface area contributed by atoms with E-state index < -0.39 is 0 Å². The number of nitrogens with one attached hydrogen (secondary N) is 1. The lowest BCUT2D eigenvalue weighted by Crippen LogP contribution is -2.28. The molecule has 2 rings (SSSR count). The fourth-order valence-electron chi connectivity index (χ4n) is 1.68. The summed E-state index contributed by atoms with van der Waals surface area (Å²) < 4.78 is 10.9. The van der Waals surface area contributed by atoms with Gasteiger partial charge in [0.1, 0.15) is 5.76 Å². The second-order valence-corrected chi connectivity index (χ2v) is 4.06. The average molecular weight is 235 g/mol. The van der Waals surface area contributed by atoms with Crippen molar-refractivity contribution in [1.29, 1.82) is 0 Å². The molecular weight excluding hydrogens is 218 g/mol. The Morgan fingerprint density at radius 1 is 1.47 bits per heavy atom. The maximum absolute atomic E-state index is 8.92. The highest BCUT2D eigenvalue weighted by atomic mass is 16.5. The first-order valence-corrected chi connectivity index (χ1v) is 5.64. The molecule has 0 fully saturated rings. The van der Waals surface area contributed by atoms with Crippen molar-refractivity contribution in [2.75, 3.05) is 13.7 Å². The van der Waals surface area contributed by atoms with Crippen LogP contribution in [0.5, 0.6) is 5.75 Å². The molecular formula is C13H17NO3. The van der Waals surface area contributed by atoms with Gasteiger partial charge in [0, 0.05) is 11.4 Å². The van der Waals surface area contributed by atoms with E-state index in [1.807, 2.05) is 31.2 Å². The third kappa shape index (κ3) is 2.60. The molecule has 1 heterocycles. The van der Waals surface area contributed by atoms with Crippen molar-refractivity contribution in [1.82, 2.24) is 5.32 Å². The number of fused-ring (bicyclic) bond motifs is 1. The Labute approximate surface area is 100 Å². The first kappa shape index (κ1) is 12.0. The number of para-hydroxylation sites is 1. The first-order chi connectivity index (χ1) is 8.24. The second-order valence-electron chi connectivity index (χ2n) is 4.06. The van der Waals surface area contributed by atoms with Gasteiger partial charge < -0.3 is 19.6 Å². The number of rotatable bonds is 5. The molecule has 0 aliphatic rings. The molecule has 92 valence electrons. The van der Waals surface area contributed by atoms with E-state index in [1.54, 1.807) is 7.11 Å². The number of aliphatic hydroxyl groups excluding tert-OH is 1. The van der Waals surface area contributed by atoms with Crippen molar-refractivity contribution in [2.45, 2.75) is 19.5 Å². The number of furan rings is 1. The number of aliphatic hydroxyl groups is 1. The average Bonchev–Trinajstić information content (AvgIpc) is 2.78. The van der Waals surface area contributed by atoms with Gasteiger partial charge in [-0.05, 0) is 19.1 Å². The quantitative estimate of drug-likeness (QED) is 0.831. The normalized spacial score (nSPS) is 12.9. The van der Waals surface area contributed by atoms with Gasteiger partial charge in [0.05, 0.1) is 20.3 Å². The Hall–Kier alpha value is -1.52. The standard InChI is InChI=1S/C13H17NO3/c1-9(8-15)14-7-11-6-10-4-3-5-12(16-2)13(10)17-11/h3-6,9,14-15H,7-8H2,1-2H3. The van der Waals surface area contributed by atoms with Gasteiger partial charge in [0.15, 0.2) is 11.3 Å². The van der Waals surface area contributed by atoms with Crippen LogP contribution in [0.25, 0.3) is 11.0 Å². The van der Waals surface area contributed by atoms with Gasteiger partial charge in [-0.2, -0.15) is 0 Å². The van der Waals surface area contributed by atoms with Crippen molar-refractivity contribution in [3.63, 3.8) is 0 Å². The molecule has 0 saturated carbocycles. The topological polar surface area (TPSA) is 54.6 Å². The van der Waals surface area contributed by atoms with Gasteiger partial charge >= 0.3 is 0 Å². The maximum Gasteiger partial charge on any atom is 0.176 e. The molecule has 4 heteroatoms. The van der Waals surface area contributed by atoms with Crippen LogP contribution in [0.1, 0.15) is 12.7 Å². The molecule has 0 saturated heterocycles. The van der Waals surface area contributed by atoms with Crippen LogP contribution in [0.4, 0.5) is 0 Å². The molecule has 0 amide bonds. The third-order valence-electron chi connectivity index (χ3n) is 2.68. The lowest BCUT2D eigenvalue weighted by Gasteiger charge is -2.08. The van der Waals surface area contributed by atoms with Gasteiger partial charge in [-0.1, -0.05) is 12.1 Å². The van der Waals surface area contributed by atoms with E-state index in [-0.39, 0.29) is 12.6 Å². The summed E-state index contributed by atoms with van der Waals surface area (Å²) in [6.45, 7) is 2.63. The summed E-state index contributed by atoms with van der Waals surface area (Å²) >= 11 is 0. The number of hydrogen-bond acceptors (Lipinski definition) is 4. The van der Waals surface area contributed by atoms with Crippen LogP contribution in [0, 0.1) is 0 Å². The second kappa shape index (κ2) is 5.21. The lowest BCUT2D eigenvalue weighted by atomic mass is 10.2. The zero-order chi connectivity index (χ0) is 12.3. The summed E-state index contributed by atoms with van der Waals surface area (Å²) in [7, 11) is 1.63. The smallest absolute Gasteiger partial charge is 0.176 e. The molecule has 2 aromatic rings. The van der Waals surface area contributed by atoms with E-state index in [9.17, 15) is 0 Å². The summed E-state index contributed by atoms with van der Waals surface area (Å²) in [6.07, 6.45) is 0. The maximum atomic E-state index is 8.92. The lowest BCUT2D eigenvalue weighted by molar-refractivity contribution is 0.248. The minimum Gasteiger partial charge on any atom is -0.493 e. The molecule has 0 aliphatic heterocycles. The van der Waals surface area contributed by atoms with E-state index in [2.05, 4.69) is 5.32 Å². The Kier molecular flexibility index (Phi) is 3.66. The molecule has 1 aromatic carbocycles. The van der Waals surface area contributed by atoms with E-state index in [4.69, 9.17) is 14.3 Å². The van der Waals surface area contributed by atoms with Crippen molar-refractivity contribution in [3.8, 4) is 5.75 Å². The third-order valence-corrected chi connectivity index (χ3v) is 2.68. The van der Waals surface area contributed by atoms with Gasteiger partial charge in [-0.15, -0.1) is 0 Å². The summed E-state index contributed by atoms with van der Waals surface area (Å²) in [5, 5.41) is 13.1. The number of ether oxygens (including phenoxy) is 1. The van der Waals surface area contributed by atoms with Crippen LogP contribution >= 0.6 is 0 Å². The highest BCUT2D eigenvalue weighted by Crippen LogP contribution is 2.28. The minimum absolute atomic E-state index is 0.0603. The molecule has 1 atom stereocenters.